The highest BCUT2D eigenvalue weighted by molar-refractivity contribution is 5.78. The monoisotopic (exact) mass is 501 g/mol. The fourth-order valence-electron chi connectivity index (χ4n) is 5.68. The molecule has 0 unspecified atom stereocenters. The molecule has 1 aromatic rings. The van der Waals surface area contributed by atoms with Crippen LogP contribution in [0.25, 0.3) is 0 Å². The van der Waals surface area contributed by atoms with Gasteiger partial charge in [-0.25, -0.2) is 0 Å². The van der Waals surface area contributed by atoms with Crippen molar-refractivity contribution in [3.05, 3.63) is 17.7 Å². The number of likely N-dealkylation sites (tertiary alicyclic amines) is 2. The Morgan fingerprint density at radius 2 is 1.94 bits per heavy atom. The molecule has 0 saturated carbocycles. The number of nitrogens with zero attached hydrogens (tertiary/aromatic N) is 3. The summed E-state index contributed by atoms with van der Waals surface area (Å²) in [4.78, 5) is 32.0. The van der Waals surface area contributed by atoms with Gasteiger partial charge in [0.25, 0.3) is 0 Å². The van der Waals surface area contributed by atoms with Gasteiger partial charge in [-0.15, -0.1) is 0 Å². The zero-order chi connectivity index (χ0) is 25.5. The van der Waals surface area contributed by atoms with Gasteiger partial charge in [0, 0.05) is 45.2 Å². The minimum atomic E-state index is 0.207. The van der Waals surface area contributed by atoms with Gasteiger partial charge in [0.2, 0.25) is 24.4 Å². The van der Waals surface area contributed by atoms with Crippen LogP contribution >= 0.6 is 0 Å². The summed E-state index contributed by atoms with van der Waals surface area (Å²) in [5.74, 6) is 2.83. The van der Waals surface area contributed by atoms with Crippen LogP contribution in [0.15, 0.2) is 12.1 Å². The molecule has 0 bridgehead atoms. The Kier molecular flexibility index (Phi) is 9.35. The van der Waals surface area contributed by atoms with E-state index in [9.17, 15) is 9.59 Å². The average Bonchev–Trinajstić information content (AvgIpc) is 3.62. The van der Waals surface area contributed by atoms with Crippen LogP contribution in [0.3, 0.4) is 0 Å². The van der Waals surface area contributed by atoms with E-state index in [0.717, 1.165) is 89.0 Å². The molecule has 36 heavy (non-hydrogen) atoms. The van der Waals surface area contributed by atoms with Crippen LogP contribution in [0.1, 0.15) is 76.7 Å². The van der Waals surface area contributed by atoms with E-state index < -0.39 is 0 Å². The molecule has 3 heterocycles. The van der Waals surface area contributed by atoms with Crippen molar-refractivity contribution in [1.82, 2.24) is 14.7 Å². The standard InChI is InChI=1S/C28H43N3O5/c1-4-6-11-29(12-7-5-2)27(33)19-31-18-22(15-23(31)10-14-30-13-8-9-26(30)32)21-16-24(34-3)28-25(17-21)35-20-36-28/h16-17,22-23H,4-15,18-20H2,1-3H3/t22-,23+/m1/s1. The third kappa shape index (κ3) is 6.25. The lowest BCUT2D eigenvalue weighted by Gasteiger charge is -2.29. The first-order valence-electron chi connectivity index (χ1n) is 13.8. The summed E-state index contributed by atoms with van der Waals surface area (Å²) in [6.07, 6.45) is 7.69. The number of fused-ring (bicyclic) bond motifs is 1. The summed E-state index contributed by atoms with van der Waals surface area (Å²) in [6, 6.07) is 4.37. The first-order chi connectivity index (χ1) is 17.5. The quantitative estimate of drug-likeness (QED) is 0.407. The first kappa shape index (κ1) is 26.6. The Hall–Kier alpha value is -2.48. The third-order valence-electron chi connectivity index (χ3n) is 7.84. The van der Waals surface area contributed by atoms with Gasteiger partial charge in [0.1, 0.15) is 0 Å². The zero-order valence-corrected chi connectivity index (χ0v) is 22.3. The molecule has 2 amide bonds. The molecule has 2 fully saturated rings. The Bertz CT molecular complexity index is 899. The van der Waals surface area contributed by atoms with E-state index in [1.54, 1.807) is 7.11 Å². The second-order valence-electron chi connectivity index (χ2n) is 10.3. The van der Waals surface area contributed by atoms with Crippen LogP contribution < -0.4 is 14.2 Å². The predicted molar refractivity (Wildman–Crippen MR) is 139 cm³/mol. The molecule has 1 aromatic carbocycles. The Morgan fingerprint density at radius 1 is 1.17 bits per heavy atom. The lowest BCUT2D eigenvalue weighted by Crippen LogP contribution is -2.44. The van der Waals surface area contributed by atoms with E-state index in [4.69, 9.17) is 14.2 Å². The number of benzene rings is 1. The molecular weight excluding hydrogens is 458 g/mol. The van der Waals surface area contributed by atoms with Crippen molar-refractivity contribution in [3.8, 4) is 17.2 Å². The maximum Gasteiger partial charge on any atom is 0.236 e. The predicted octanol–water partition coefficient (Wildman–Crippen LogP) is 4.02. The van der Waals surface area contributed by atoms with Crippen molar-refractivity contribution >= 4 is 11.8 Å². The Morgan fingerprint density at radius 3 is 2.61 bits per heavy atom. The van der Waals surface area contributed by atoms with Crippen LogP contribution in [0.5, 0.6) is 17.2 Å². The molecule has 0 radical (unpaired) electrons. The zero-order valence-electron chi connectivity index (χ0n) is 22.3. The van der Waals surface area contributed by atoms with Crippen LogP contribution in [-0.2, 0) is 9.59 Å². The summed E-state index contributed by atoms with van der Waals surface area (Å²) in [5, 5.41) is 0. The number of carbonyl (C=O) groups is 2. The normalized spacial score (nSPS) is 21.4. The molecule has 0 N–H and O–H groups in total. The van der Waals surface area contributed by atoms with E-state index in [1.807, 2.05) is 4.90 Å². The highest BCUT2D eigenvalue weighted by Gasteiger charge is 2.36. The summed E-state index contributed by atoms with van der Waals surface area (Å²) >= 11 is 0. The van der Waals surface area contributed by atoms with Gasteiger partial charge in [0.15, 0.2) is 11.5 Å². The molecule has 4 rings (SSSR count). The van der Waals surface area contributed by atoms with E-state index in [0.29, 0.717) is 24.5 Å². The van der Waals surface area contributed by atoms with Crippen LogP contribution in [0.2, 0.25) is 0 Å². The second kappa shape index (κ2) is 12.7. The molecule has 2 saturated heterocycles. The third-order valence-corrected chi connectivity index (χ3v) is 7.84. The van der Waals surface area contributed by atoms with Crippen LogP contribution in [0, 0.1) is 0 Å². The van der Waals surface area contributed by atoms with Gasteiger partial charge in [-0.1, -0.05) is 26.7 Å². The van der Waals surface area contributed by atoms with E-state index in [2.05, 4.69) is 35.8 Å². The van der Waals surface area contributed by atoms with Gasteiger partial charge in [-0.2, -0.15) is 0 Å². The number of unbranched alkanes of at least 4 members (excludes halogenated alkanes) is 2. The molecule has 2 atom stereocenters. The summed E-state index contributed by atoms with van der Waals surface area (Å²) in [6.45, 7) is 9.07. The van der Waals surface area contributed by atoms with Gasteiger partial charge in [-0.05, 0) is 55.7 Å². The number of amides is 2. The minimum absolute atomic E-state index is 0.207. The van der Waals surface area contributed by atoms with Crippen molar-refractivity contribution in [2.24, 2.45) is 0 Å². The highest BCUT2D eigenvalue weighted by Crippen LogP contribution is 2.45. The van der Waals surface area contributed by atoms with Crippen molar-refractivity contribution in [2.45, 2.75) is 77.2 Å². The van der Waals surface area contributed by atoms with Crippen molar-refractivity contribution in [1.29, 1.82) is 0 Å². The van der Waals surface area contributed by atoms with Crippen molar-refractivity contribution in [2.75, 3.05) is 53.2 Å². The molecule has 0 aliphatic carbocycles. The first-order valence-corrected chi connectivity index (χ1v) is 13.8. The molecule has 8 heteroatoms. The average molecular weight is 502 g/mol. The molecule has 8 nitrogen and oxygen atoms in total. The highest BCUT2D eigenvalue weighted by atomic mass is 16.7. The number of carbonyl (C=O) groups excluding carboxylic acids is 2. The molecule has 3 aliphatic rings. The smallest absolute Gasteiger partial charge is 0.236 e. The van der Waals surface area contributed by atoms with E-state index in [1.165, 1.54) is 0 Å². The van der Waals surface area contributed by atoms with E-state index >= 15 is 0 Å². The maximum atomic E-state index is 13.4. The molecule has 3 aliphatic heterocycles. The number of ether oxygens (including phenoxy) is 3. The van der Waals surface area contributed by atoms with Gasteiger partial charge < -0.3 is 24.0 Å². The number of hydrogen-bond donors (Lipinski definition) is 0. The van der Waals surface area contributed by atoms with Crippen molar-refractivity contribution in [3.63, 3.8) is 0 Å². The molecular formula is C28H43N3O5. The molecule has 200 valence electrons. The Labute approximate surface area is 215 Å². The molecule has 0 spiro atoms. The number of rotatable bonds is 13. The lowest BCUT2D eigenvalue weighted by atomic mass is 9.94. The number of hydrogen-bond acceptors (Lipinski definition) is 6. The fraction of sp³-hybridized carbons (Fsp3) is 0.714. The van der Waals surface area contributed by atoms with Crippen LogP contribution in [0.4, 0.5) is 0 Å². The van der Waals surface area contributed by atoms with Gasteiger partial charge >= 0.3 is 0 Å². The van der Waals surface area contributed by atoms with Crippen LogP contribution in [-0.4, -0.2) is 85.7 Å². The van der Waals surface area contributed by atoms with E-state index in [-0.39, 0.29) is 30.6 Å². The second-order valence-corrected chi connectivity index (χ2v) is 10.3. The van der Waals surface area contributed by atoms with Gasteiger partial charge in [0.05, 0.1) is 13.7 Å². The summed E-state index contributed by atoms with van der Waals surface area (Å²) in [7, 11) is 1.65. The van der Waals surface area contributed by atoms with Gasteiger partial charge in [-0.3, -0.25) is 14.5 Å². The lowest BCUT2D eigenvalue weighted by molar-refractivity contribution is -0.133. The maximum absolute atomic E-state index is 13.4. The number of methoxy groups -OCH3 is 1. The SMILES string of the molecule is CCCCN(CCCC)C(=O)CN1C[C@H](c2cc(OC)c3c(c2)OCO3)C[C@@H]1CCN1CCCC1=O. The van der Waals surface area contributed by atoms with Crippen molar-refractivity contribution < 1.29 is 23.8 Å². The summed E-state index contributed by atoms with van der Waals surface area (Å²) < 4.78 is 16.8. The minimum Gasteiger partial charge on any atom is -0.493 e. The summed E-state index contributed by atoms with van der Waals surface area (Å²) in [5.41, 5.74) is 1.15. The fourth-order valence-corrected chi connectivity index (χ4v) is 5.68. The Balaban J connectivity index is 1.49. The topological polar surface area (TPSA) is 71.6 Å². The molecule has 0 aromatic heterocycles. The largest absolute Gasteiger partial charge is 0.493 e.